The first kappa shape index (κ1) is 14.7. The molecule has 1 aromatic heterocycles. The molecule has 0 fully saturated rings. The Balaban J connectivity index is 2.42. The van der Waals surface area contributed by atoms with Crippen LogP contribution in [0, 0.1) is 5.92 Å². The molecule has 0 saturated heterocycles. The molecule has 0 amide bonds. The van der Waals surface area contributed by atoms with E-state index in [2.05, 4.69) is 24.1 Å². The van der Waals surface area contributed by atoms with E-state index in [1.54, 1.807) is 17.0 Å². The number of nitrogens with zero attached hydrogens (tertiary/aromatic N) is 2. The van der Waals surface area contributed by atoms with Gasteiger partial charge in [0.2, 0.25) is 0 Å². The van der Waals surface area contributed by atoms with E-state index in [9.17, 15) is 4.79 Å². The van der Waals surface area contributed by atoms with Gasteiger partial charge in [0, 0.05) is 32.1 Å². The summed E-state index contributed by atoms with van der Waals surface area (Å²) in [5.74, 6) is 0.931. The molecule has 102 valence electrons. The molecule has 0 atom stereocenters. The van der Waals surface area contributed by atoms with Crippen molar-refractivity contribution in [1.29, 1.82) is 0 Å². The lowest BCUT2D eigenvalue weighted by Gasteiger charge is -2.09. The zero-order valence-corrected chi connectivity index (χ0v) is 11.5. The quantitative estimate of drug-likeness (QED) is 0.717. The average Bonchev–Trinajstić information content (AvgIpc) is 2.33. The van der Waals surface area contributed by atoms with Gasteiger partial charge in [-0.2, -0.15) is 0 Å². The molecule has 0 aliphatic heterocycles. The number of anilines is 1. The summed E-state index contributed by atoms with van der Waals surface area (Å²) in [7, 11) is 0. The Hall–Kier alpha value is -1.36. The monoisotopic (exact) mass is 253 g/mol. The van der Waals surface area contributed by atoms with Crippen LogP contribution >= 0.6 is 0 Å². The summed E-state index contributed by atoms with van der Waals surface area (Å²) in [5, 5.41) is 3.02. The van der Waals surface area contributed by atoms with Gasteiger partial charge in [0.05, 0.1) is 6.61 Å². The summed E-state index contributed by atoms with van der Waals surface area (Å²) < 4.78 is 7.11. The van der Waals surface area contributed by atoms with Gasteiger partial charge in [-0.15, -0.1) is 0 Å². The summed E-state index contributed by atoms with van der Waals surface area (Å²) in [5.41, 5.74) is -0.0665. The second-order valence-corrected chi connectivity index (χ2v) is 4.67. The minimum absolute atomic E-state index is 0.0665. The summed E-state index contributed by atoms with van der Waals surface area (Å²) >= 11 is 0. The lowest BCUT2D eigenvalue weighted by Crippen LogP contribution is -2.25. The van der Waals surface area contributed by atoms with Gasteiger partial charge < -0.3 is 14.6 Å². The van der Waals surface area contributed by atoms with E-state index in [4.69, 9.17) is 4.74 Å². The molecule has 1 N–H and O–H groups in total. The van der Waals surface area contributed by atoms with Crippen LogP contribution in [0.5, 0.6) is 0 Å². The summed E-state index contributed by atoms with van der Waals surface area (Å²) in [4.78, 5) is 16.0. The van der Waals surface area contributed by atoms with Gasteiger partial charge in [0.1, 0.15) is 0 Å². The molecule has 0 aliphatic rings. The minimum atomic E-state index is -0.0665. The fraction of sp³-hybridized carbons (Fsp3) is 0.692. The van der Waals surface area contributed by atoms with Crippen molar-refractivity contribution in [2.45, 2.75) is 33.7 Å². The van der Waals surface area contributed by atoms with E-state index in [0.29, 0.717) is 24.9 Å². The van der Waals surface area contributed by atoms with Crippen LogP contribution in [-0.4, -0.2) is 29.3 Å². The van der Waals surface area contributed by atoms with Gasteiger partial charge in [0.15, 0.2) is 5.82 Å². The maximum Gasteiger partial charge on any atom is 0.293 e. The van der Waals surface area contributed by atoms with Crippen molar-refractivity contribution in [3.63, 3.8) is 0 Å². The third-order valence-electron chi connectivity index (χ3n) is 2.37. The molecule has 5 heteroatoms. The van der Waals surface area contributed by atoms with Crippen LogP contribution in [0.3, 0.4) is 0 Å². The second kappa shape index (κ2) is 7.87. The van der Waals surface area contributed by atoms with Gasteiger partial charge in [-0.1, -0.05) is 20.8 Å². The molecule has 0 aliphatic carbocycles. The van der Waals surface area contributed by atoms with Crippen LogP contribution in [0.15, 0.2) is 17.2 Å². The van der Waals surface area contributed by atoms with Crippen molar-refractivity contribution in [2.24, 2.45) is 5.92 Å². The SMILES string of the molecule is CCCn1ccnc(NCCOCC(C)C)c1=O. The third-order valence-corrected chi connectivity index (χ3v) is 2.37. The van der Waals surface area contributed by atoms with Crippen molar-refractivity contribution < 1.29 is 4.74 Å². The van der Waals surface area contributed by atoms with Gasteiger partial charge in [-0.05, 0) is 12.3 Å². The Morgan fingerprint density at radius 3 is 2.94 bits per heavy atom. The highest BCUT2D eigenvalue weighted by atomic mass is 16.5. The zero-order valence-electron chi connectivity index (χ0n) is 11.5. The Bertz CT molecular complexity index is 401. The van der Waals surface area contributed by atoms with Crippen LogP contribution in [-0.2, 0) is 11.3 Å². The summed E-state index contributed by atoms with van der Waals surface area (Å²) in [6.07, 6.45) is 4.29. The molecule has 18 heavy (non-hydrogen) atoms. The Morgan fingerprint density at radius 2 is 2.28 bits per heavy atom. The molecular formula is C13H23N3O2. The molecule has 0 unspecified atom stereocenters. The van der Waals surface area contributed by atoms with Gasteiger partial charge >= 0.3 is 0 Å². The fourth-order valence-electron chi connectivity index (χ4n) is 1.55. The highest BCUT2D eigenvalue weighted by molar-refractivity contribution is 5.30. The standard InChI is InChI=1S/C13H23N3O2/c1-4-7-16-8-5-14-12(13(16)17)15-6-9-18-10-11(2)3/h5,8,11H,4,6-7,9-10H2,1-3H3,(H,14,15). The van der Waals surface area contributed by atoms with Gasteiger partial charge in [-0.3, -0.25) is 4.79 Å². The molecule has 0 aromatic carbocycles. The highest BCUT2D eigenvalue weighted by Crippen LogP contribution is 1.95. The van der Waals surface area contributed by atoms with E-state index in [1.165, 1.54) is 0 Å². The number of hydrogen-bond acceptors (Lipinski definition) is 4. The molecule has 1 rings (SSSR count). The van der Waals surface area contributed by atoms with Crippen molar-refractivity contribution >= 4 is 5.82 Å². The topological polar surface area (TPSA) is 56.1 Å². The minimum Gasteiger partial charge on any atom is -0.379 e. The summed E-state index contributed by atoms with van der Waals surface area (Å²) in [6, 6.07) is 0. The molecule has 0 bridgehead atoms. The zero-order chi connectivity index (χ0) is 13.4. The fourth-order valence-corrected chi connectivity index (χ4v) is 1.55. The predicted molar refractivity (Wildman–Crippen MR) is 72.9 cm³/mol. The first-order valence-corrected chi connectivity index (χ1v) is 6.52. The maximum atomic E-state index is 11.9. The van der Waals surface area contributed by atoms with Crippen molar-refractivity contribution in [1.82, 2.24) is 9.55 Å². The molecular weight excluding hydrogens is 230 g/mol. The van der Waals surface area contributed by atoms with Crippen LogP contribution in [0.25, 0.3) is 0 Å². The molecule has 0 spiro atoms. The molecule has 0 radical (unpaired) electrons. The molecule has 1 heterocycles. The van der Waals surface area contributed by atoms with E-state index in [1.807, 2.05) is 6.92 Å². The molecule has 1 aromatic rings. The largest absolute Gasteiger partial charge is 0.379 e. The summed E-state index contributed by atoms with van der Waals surface area (Å²) in [6.45, 7) is 8.90. The Kier molecular flexibility index (Phi) is 6.43. The second-order valence-electron chi connectivity index (χ2n) is 4.67. The van der Waals surface area contributed by atoms with E-state index in [0.717, 1.165) is 19.6 Å². The van der Waals surface area contributed by atoms with Crippen LogP contribution in [0.1, 0.15) is 27.2 Å². The number of aryl methyl sites for hydroxylation is 1. The first-order chi connectivity index (χ1) is 8.65. The third kappa shape index (κ3) is 4.87. The van der Waals surface area contributed by atoms with Gasteiger partial charge in [0.25, 0.3) is 5.56 Å². The average molecular weight is 253 g/mol. The van der Waals surface area contributed by atoms with Crippen molar-refractivity contribution in [3.05, 3.63) is 22.7 Å². The van der Waals surface area contributed by atoms with E-state index >= 15 is 0 Å². The van der Waals surface area contributed by atoms with Gasteiger partial charge in [-0.25, -0.2) is 4.98 Å². The molecule has 5 nitrogen and oxygen atoms in total. The lowest BCUT2D eigenvalue weighted by atomic mass is 10.2. The number of ether oxygens (including phenoxy) is 1. The van der Waals surface area contributed by atoms with Crippen molar-refractivity contribution in [2.75, 3.05) is 25.1 Å². The molecule has 0 saturated carbocycles. The van der Waals surface area contributed by atoms with Crippen molar-refractivity contribution in [3.8, 4) is 0 Å². The van der Waals surface area contributed by atoms with Crippen LogP contribution in [0.4, 0.5) is 5.82 Å². The number of hydrogen-bond donors (Lipinski definition) is 1. The smallest absolute Gasteiger partial charge is 0.293 e. The maximum absolute atomic E-state index is 11.9. The lowest BCUT2D eigenvalue weighted by molar-refractivity contribution is 0.118. The normalized spacial score (nSPS) is 10.9. The van der Waals surface area contributed by atoms with Crippen LogP contribution < -0.4 is 10.9 Å². The Morgan fingerprint density at radius 1 is 1.50 bits per heavy atom. The van der Waals surface area contributed by atoms with Crippen LogP contribution in [0.2, 0.25) is 0 Å². The number of nitrogens with one attached hydrogen (secondary N) is 1. The Labute approximate surface area is 108 Å². The van der Waals surface area contributed by atoms with E-state index < -0.39 is 0 Å². The number of rotatable bonds is 8. The number of aromatic nitrogens is 2. The van der Waals surface area contributed by atoms with E-state index in [-0.39, 0.29) is 5.56 Å². The highest BCUT2D eigenvalue weighted by Gasteiger charge is 2.03. The first-order valence-electron chi connectivity index (χ1n) is 6.52. The predicted octanol–water partition coefficient (Wildman–Crippen LogP) is 1.74.